The Balaban J connectivity index is 2.21. The van der Waals surface area contributed by atoms with Gasteiger partial charge in [0.05, 0.1) is 12.8 Å². The number of hydrogen-bond acceptors (Lipinski definition) is 3. The number of rotatable bonds is 6. The van der Waals surface area contributed by atoms with Gasteiger partial charge in [-0.15, -0.1) is 0 Å². The van der Waals surface area contributed by atoms with Crippen LogP contribution in [0.2, 0.25) is 0 Å². The van der Waals surface area contributed by atoms with Crippen molar-refractivity contribution in [3.8, 4) is 17.0 Å². The van der Waals surface area contributed by atoms with Gasteiger partial charge in [-0.05, 0) is 30.7 Å². The molecule has 21 heavy (non-hydrogen) atoms. The number of ether oxygens (including phenoxy) is 1. The molecule has 4 heteroatoms. The fourth-order valence-corrected chi connectivity index (χ4v) is 2.16. The number of para-hydroxylation sites is 1. The molecule has 0 atom stereocenters. The maximum absolute atomic E-state index is 12.2. The van der Waals surface area contributed by atoms with Crippen molar-refractivity contribution in [2.45, 2.75) is 20.4 Å². The van der Waals surface area contributed by atoms with Crippen LogP contribution in [0.5, 0.6) is 5.75 Å². The topological polar surface area (TPSA) is 54.1 Å². The quantitative estimate of drug-likeness (QED) is 0.858. The van der Waals surface area contributed by atoms with Gasteiger partial charge in [-0.2, -0.15) is 0 Å². The first kappa shape index (κ1) is 15.3. The molecule has 1 aromatic carbocycles. The molecule has 0 spiro atoms. The van der Waals surface area contributed by atoms with E-state index < -0.39 is 0 Å². The van der Waals surface area contributed by atoms with Crippen molar-refractivity contribution in [1.82, 2.24) is 10.3 Å². The molecule has 0 saturated carbocycles. The van der Waals surface area contributed by atoms with E-state index in [2.05, 4.69) is 24.1 Å². The molecule has 0 aliphatic heterocycles. The van der Waals surface area contributed by atoms with Gasteiger partial charge in [0.25, 0.3) is 5.56 Å². The number of methoxy groups -OCH3 is 1. The van der Waals surface area contributed by atoms with E-state index >= 15 is 0 Å². The monoisotopic (exact) mass is 286 g/mol. The van der Waals surface area contributed by atoms with Crippen molar-refractivity contribution in [3.05, 3.63) is 52.3 Å². The van der Waals surface area contributed by atoms with E-state index in [0.717, 1.165) is 29.1 Å². The van der Waals surface area contributed by atoms with E-state index in [1.807, 2.05) is 36.4 Å². The van der Waals surface area contributed by atoms with Gasteiger partial charge in [0.15, 0.2) is 0 Å². The van der Waals surface area contributed by atoms with Crippen LogP contribution in [0.25, 0.3) is 11.3 Å². The van der Waals surface area contributed by atoms with Crippen molar-refractivity contribution in [2.24, 2.45) is 5.92 Å². The summed E-state index contributed by atoms with van der Waals surface area (Å²) < 4.78 is 5.33. The lowest BCUT2D eigenvalue weighted by Gasteiger charge is -2.10. The SMILES string of the molecule is COc1ccccc1-c1ccc(CNCC(C)C)c(=O)[nH]1. The Hall–Kier alpha value is -2.07. The van der Waals surface area contributed by atoms with Crippen LogP contribution in [0.3, 0.4) is 0 Å². The molecule has 0 unspecified atom stereocenters. The third-order valence-corrected chi connectivity index (χ3v) is 3.26. The van der Waals surface area contributed by atoms with Crippen LogP contribution in [0.4, 0.5) is 0 Å². The van der Waals surface area contributed by atoms with Crippen molar-refractivity contribution >= 4 is 0 Å². The molecule has 2 N–H and O–H groups in total. The minimum Gasteiger partial charge on any atom is -0.496 e. The summed E-state index contributed by atoms with van der Waals surface area (Å²) in [4.78, 5) is 15.1. The van der Waals surface area contributed by atoms with Gasteiger partial charge in [0.2, 0.25) is 0 Å². The summed E-state index contributed by atoms with van der Waals surface area (Å²) in [5, 5.41) is 3.28. The van der Waals surface area contributed by atoms with E-state index in [1.54, 1.807) is 7.11 Å². The highest BCUT2D eigenvalue weighted by Gasteiger charge is 2.07. The van der Waals surface area contributed by atoms with Crippen LogP contribution in [0.15, 0.2) is 41.2 Å². The lowest BCUT2D eigenvalue weighted by Crippen LogP contribution is -2.24. The Kier molecular flexibility index (Phi) is 5.17. The van der Waals surface area contributed by atoms with E-state index in [4.69, 9.17) is 4.74 Å². The number of hydrogen-bond donors (Lipinski definition) is 2. The molecule has 2 aromatic rings. The average molecular weight is 286 g/mol. The molecule has 0 amide bonds. The van der Waals surface area contributed by atoms with Gasteiger partial charge in [-0.25, -0.2) is 0 Å². The molecule has 2 rings (SSSR count). The first-order chi connectivity index (χ1) is 10.1. The zero-order chi connectivity index (χ0) is 15.2. The second-order valence-corrected chi connectivity index (χ2v) is 5.45. The highest BCUT2D eigenvalue weighted by atomic mass is 16.5. The zero-order valence-corrected chi connectivity index (χ0v) is 12.8. The molecule has 1 aromatic heterocycles. The number of aromatic nitrogens is 1. The summed E-state index contributed by atoms with van der Waals surface area (Å²) in [7, 11) is 1.63. The van der Waals surface area contributed by atoms with Gasteiger partial charge >= 0.3 is 0 Å². The normalized spacial score (nSPS) is 10.9. The molecule has 0 bridgehead atoms. The average Bonchev–Trinajstić information content (AvgIpc) is 2.48. The number of H-pyrrole nitrogens is 1. The first-order valence-electron chi connectivity index (χ1n) is 7.18. The van der Waals surface area contributed by atoms with Crippen LogP contribution in [-0.2, 0) is 6.54 Å². The number of aromatic amines is 1. The summed E-state index contributed by atoms with van der Waals surface area (Å²) in [6.07, 6.45) is 0. The Labute approximate surface area is 125 Å². The largest absolute Gasteiger partial charge is 0.496 e. The van der Waals surface area contributed by atoms with Crippen LogP contribution in [0.1, 0.15) is 19.4 Å². The summed E-state index contributed by atoms with van der Waals surface area (Å²) >= 11 is 0. The molecular weight excluding hydrogens is 264 g/mol. The standard InChI is InChI=1S/C17H22N2O2/c1-12(2)10-18-11-13-8-9-15(19-17(13)20)14-6-4-5-7-16(14)21-3/h4-9,12,18H,10-11H2,1-3H3,(H,19,20). The Morgan fingerprint density at radius 2 is 1.95 bits per heavy atom. The fraction of sp³-hybridized carbons (Fsp3) is 0.353. The van der Waals surface area contributed by atoms with Crippen molar-refractivity contribution in [2.75, 3.05) is 13.7 Å². The lowest BCUT2D eigenvalue weighted by molar-refractivity contribution is 0.416. The number of nitrogens with one attached hydrogen (secondary N) is 2. The van der Waals surface area contributed by atoms with E-state index in [1.165, 1.54) is 0 Å². The summed E-state index contributed by atoms with van der Waals surface area (Å²) in [6, 6.07) is 11.4. The lowest BCUT2D eigenvalue weighted by atomic mass is 10.1. The van der Waals surface area contributed by atoms with Gasteiger partial charge in [0.1, 0.15) is 5.75 Å². The van der Waals surface area contributed by atoms with Crippen LogP contribution in [0, 0.1) is 5.92 Å². The van der Waals surface area contributed by atoms with Gasteiger partial charge < -0.3 is 15.0 Å². The second-order valence-electron chi connectivity index (χ2n) is 5.45. The van der Waals surface area contributed by atoms with E-state index in [0.29, 0.717) is 12.5 Å². The van der Waals surface area contributed by atoms with Crippen LogP contribution >= 0.6 is 0 Å². The molecular formula is C17H22N2O2. The van der Waals surface area contributed by atoms with Gasteiger partial charge in [-0.3, -0.25) is 4.79 Å². The zero-order valence-electron chi connectivity index (χ0n) is 12.8. The molecule has 0 aliphatic carbocycles. The maximum Gasteiger partial charge on any atom is 0.252 e. The fourth-order valence-electron chi connectivity index (χ4n) is 2.16. The number of pyridine rings is 1. The molecule has 0 radical (unpaired) electrons. The molecule has 4 nitrogen and oxygen atoms in total. The van der Waals surface area contributed by atoms with E-state index in [9.17, 15) is 4.79 Å². The van der Waals surface area contributed by atoms with E-state index in [-0.39, 0.29) is 5.56 Å². The summed E-state index contributed by atoms with van der Waals surface area (Å²) in [5.74, 6) is 1.32. The molecule has 0 saturated heterocycles. The smallest absolute Gasteiger partial charge is 0.252 e. The van der Waals surface area contributed by atoms with Gasteiger partial charge in [0, 0.05) is 17.7 Å². The van der Waals surface area contributed by atoms with Crippen molar-refractivity contribution in [1.29, 1.82) is 0 Å². The molecule has 112 valence electrons. The van der Waals surface area contributed by atoms with Gasteiger partial charge in [-0.1, -0.05) is 32.0 Å². The third kappa shape index (κ3) is 3.95. The van der Waals surface area contributed by atoms with Crippen molar-refractivity contribution < 1.29 is 4.74 Å². The van der Waals surface area contributed by atoms with Crippen LogP contribution in [-0.4, -0.2) is 18.6 Å². The third-order valence-electron chi connectivity index (χ3n) is 3.26. The van der Waals surface area contributed by atoms with Crippen molar-refractivity contribution in [3.63, 3.8) is 0 Å². The Morgan fingerprint density at radius 3 is 2.62 bits per heavy atom. The molecule has 0 aliphatic rings. The highest BCUT2D eigenvalue weighted by Crippen LogP contribution is 2.27. The van der Waals surface area contributed by atoms with Crippen LogP contribution < -0.4 is 15.6 Å². The predicted octanol–water partition coefficient (Wildman–Crippen LogP) is 2.80. The summed E-state index contributed by atoms with van der Waals surface area (Å²) in [5.41, 5.74) is 2.34. The number of benzene rings is 1. The highest BCUT2D eigenvalue weighted by molar-refractivity contribution is 5.66. The minimum absolute atomic E-state index is 0.0605. The second kappa shape index (κ2) is 7.09. The summed E-state index contributed by atoms with van der Waals surface area (Å²) in [6.45, 7) is 5.76. The minimum atomic E-state index is -0.0605. The maximum atomic E-state index is 12.2. The predicted molar refractivity (Wildman–Crippen MR) is 85.6 cm³/mol. The Morgan fingerprint density at radius 1 is 1.19 bits per heavy atom. The Bertz CT molecular complexity index is 647. The first-order valence-corrected chi connectivity index (χ1v) is 7.18. The molecule has 0 fully saturated rings. The molecule has 1 heterocycles.